The molecule has 7 heteroatoms. The second-order valence-electron chi connectivity index (χ2n) is 6.67. The van der Waals surface area contributed by atoms with Gasteiger partial charge in [-0.2, -0.15) is 0 Å². The highest BCUT2D eigenvalue weighted by atomic mass is 35.5. The van der Waals surface area contributed by atoms with Crippen LogP contribution in [0, 0.1) is 20.8 Å². The normalized spacial score (nSPS) is 11.4. The highest BCUT2D eigenvalue weighted by Crippen LogP contribution is 2.27. The Labute approximate surface area is 160 Å². The smallest absolute Gasteiger partial charge is 0.272 e. The number of halogens is 1. The van der Waals surface area contributed by atoms with Gasteiger partial charge in [0.15, 0.2) is 5.65 Å². The van der Waals surface area contributed by atoms with Crippen LogP contribution in [0.15, 0.2) is 39.6 Å². The van der Waals surface area contributed by atoms with E-state index in [4.69, 9.17) is 21.1 Å². The van der Waals surface area contributed by atoms with Crippen molar-refractivity contribution >= 4 is 17.2 Å². The molecular formula is C20H19ClN4O2. The van der Waals surface area contributed by atoms with Crippen LogP contribution in [-0.4, -0.2) is 19.8 Å². The van der Waals surface area contributed by atoms with Gasteiger partial charge in [0, 0.05) is 33.6 Å². The molecule has 4 aromatic rings. The lowest BCUT2D eigenvalue weighted by molar-refractivity contribution is 0.392. The first kappa shape index (κ1) is 17.5. The van der Waals surface area contributed by atoms with Crippen LogP contribution in [0.25, 0.3) is 16.8 Å². The number of nitrogens with one attached hydrogen (secondary N) is 1. The predicted molar refractivity (Wildman–Crippen MR) is 104 cm³/mol. The first-order valence-electron chi connectivity index (χ1n) is 8.73. The summed E-state index contributed by atoms with van der Waals surface area (Å²) in [6, 6.07) is 9.10. The fraction of sp³-hybridized carbons (Fsp3) is 0.250. The van der Waals surface area contributed by atoms with Crippen LogP contribution in [0.3, 0.4) is 0 Å². The highest BCUT2D eigenvalue weighted by molar-refractivity contribution is 6.30. The van der Waals surface area contributed by atoms with Gasteiger partial charge in [-0.15, -0.1) is 0 Å². The van der Waals surface area contributed by atoms with E-state index in [-0.39, 0.29) is 5.56 Å². The summed E-state index contributed by atoms with van der Waals surface area (Å²) in [6.07, 6.45) is 1.36. The van der Waals surface area contributed by atoms with Crippen molar-refractivity contribution in [1.82, 2.24) is 19.8 Å². The molecule has 0 saturated heterocycles. The van der Waals surface area contributed by atoms with Crippen LogP contribution in [0.5, 0.6) is 0 Å². The monoisotopic (exact) mass is 382 g/mol. The van der Waals surface area contributed by atoms with E-state index in [9.17, 15) is 4.79 Å². The SMILES string of the molecule is Cc1noc(C)c1CCc1cc(=O)n2[nH]c(C)c(-c3ccc(Cl)cc3)c2n1. The van der Waals surface area contributed by atoms with Gasteiger partial charge in [-0.25, -0.2) is 9.50 Å². The first-order chi connectivity index (χ1) is 12.9. The van der Waals surface area contributed by atoms with Crippen LogP contribution in [-0.2, 0) is 12.8 Å². The van der Waals surface area contributed by atoms with Crippen molar-refractivity contribution in [3.05, 3.63) is 74.1 Å². The minimum absolute atomic E-state index is 0.128. The second-order valence-corrected chi connectivity index (χ2v) is 7.10. The highest BCUT2D eigenvalue weighted by Gasteiger charge is 2.16. The molecule has 0 bridgehead atoms. The Morgan fingerprint density at radius 1 is 1.15 bits per heavy atom. The Morgan fingerprint density at radius 2 is 1.89 bits per heavy atom. The molecule has 1 aromatic carbocycles. The Bertz CT molecular complexity index is 1170. The number of benzene rings is 1. The molecule has 0 aliphatic carbocycles. The maximum Gasteiger partial charge on any atom is 0.272 e. The molecule has 0 amide bonds. The van der Waals surface area contributed by atoms with Crippen molar-refractivity contribution in [2.75, 3.05) is 0 Å². The lowest BCUT2D eigenvalue weighted by Gasteiger charge is -2.04. The standard InChI is InChI=1S/C20H19ClN4O2/c1-11-17(13(3)27-24-11)9-8-16-10-18(26)25-20(22-16)19(12(2)23-25)14-4-6-15(21)7-5-14/h4-7,10,23H,8-9H2,1-3H3. The number of fused-ring (bicyclic) bond motifs is 1. The Hall–Kier alpha value is -2.86. The average Bonchev–Trinajstić information content (AvgIpc) is 3.13. The topological polar surface area (TPSA) is 76.2 Å². The zero-order valence-corrected chi connectivity index (χ0v) is 16.1. The van der Waals surface area contributed by atoms with Gasteiger partial charge < -0.3 is 4.52 Å². The van der Waals surface area contributed by atoms with Crippen molar-refractivity contribution in [3.63, 3.8) is 0 Å². The average molecular weight is 383 g/mol. The number of rotatable bonds is 4. The van der Waals surface area contributed by atoms with Gasteiger partial charge >= 0.3 is 0 Å². The Kier molecular flexibility index (Phi) is 4.36. The van der Waals surface area contributed by atoms with Crippen LogP contribution in [0.4, 0.5) is 0 Å². The van der Waals surface area contributed by atoms with E-state index in [1.165, 1.54) is 4.52 Å². The zero-order chi connectivity index (χ0) is 19.1. The maximum absolute atomic E-state index is 12.6. The molecular weight excluding hydrogens is 364 g/mol. The van der Waals surface area contributed by atoms with E-state index in [0.29, 0.717) is 17.1 Å². The summed E-state index contributed by atoms with van der Waals surface area (Å²) in [4.78, 5) is 17.3. The fourth-order valence-electron chi connectivity index (χ4n) is 3.40. The van der Waals surface area contributed by atoms with Gasteiger partial charge in [0.2, 0.25) is 0 Å². The lowest BCUT2D eigenvalue weighted by atomic mass is 10.1. The summed E-state index contributed by atoms with van der Waals surface area (Å²) in [5.74, 6) is 0.810. The van der Waals surface area contributed by atoms with Gasteiger partial charge in [-0.1, -0.05) is 28.9 Å². The third-order valence-electron chi connectivity index (χ3n) is 4.80. The maximum atomic E-state index is 12.6. The number of hydrogen-bond acceptors (Lipinski definition) is 4. The molecule has 1 N–H and O–H groups in total. The third kappa shape index (κ3) is 3.17. The minimum atomic E-state index is -0.128. The van der Waals surface area contributed by atoms with Crippen molar-refractivity contribution in [2.24, 2.45) is 0 Å². The zero-order valence-electron chi connectivity index (χ0n) is 15.3. The summed E-state index contributed by atoms with van der Waals surface area (Å²) < 4.78 is 6.70. The molecule has 0 spiro atoms. The second kappa shape index (κ2) is 6.70. The van der Waals surface area contributed by atoms with Gasteiger partial charge in [0.1, 0.15) is 5.76 Å². The van der Waals surface area contributed by atoms with Gasteiger partial charge in [0.05, 0.1) is 5.69 Å². The Morgan fingerprint density at radius 3 is 2.56 bits per heavy atom. The van der Waals surface area contributed by atoms with Crippen LogP contribution >= 0.6 is 11.6 Å². The molecule has 138 valence electrons. The number of nitrogens with zero attached hydrogens (tertiary/aromatic N) is 3. The Balaban J connectivity index is 1.77. The molecule has 0 atom stereocenters. The molecule has 0 aliphatic rings. The van der Waals surface area contributed by atoms with E-state index >= 15 is 0 Å². The molecule has 0 unspecified atom stereocenters. The first-order valence-corrected chi connectivity index (χ1v) is 9.11. The van der Waals surface area contributed by atoms with E-state index in [1.807, 2.05) is 45.0 Å². The van der Waals surface area contributed by atoms with Gasteiger partial charge in [-0.05, 0) is 51.3 Å². The van der Waals surface area contributed by atoms with E-state index in [1.54, 1.807) is 6.07 Å². The molecule has 0 fully saturated rings. The van der Waals surface area contributed by atoms with Gasteiger partial charge in [0.25, 0.3) is 5.56 Å². The van der Waals surface area contributed by atoms with Crippen molar-refractivity contribution in [2.45, 2.75) is 33.6 Å². The van der Waals surface area contributed by atoms with E-state index in [0.717, 1.165) is 46.0 Å². The summed E-state index contributed by atoms with van der Waals surface area (Å²) in [6.45, 7) is 5.75. The van der Waals surface area contributed by atoms with E-state index < -0.39 is 0 Å². The molecule has 6 nitrogen and oxygen atoms in total. The van der Waals surface area contributed by atoms with Crippen LogP contribution in [0.1, 0.15) is 28.4 Å². The molecule has 0 aliphatic heterocycles. The van der Waals surface area contributed by atoms with E-state index in [2.05, 4.69) is 10.3 Å². The number of aromatic amines is 1. The summed E-state index contributed by atoms with van der Waals surface area (Å²) >= 11 is 6.01. The molecule has 3 aromatic heterocycles. The number of H-pyrrole nitrogens is 1. The quantitative estimate of drug-likeness (QED) is 0.577. The number of aryl methyl sites for hydroxylation is 4. The minimum Gasteiger partial charge on any atom is -0.361 e. The van der Waals surface area contributed by atoms with Crippen molar-refractivity contribution in [1.29, 1.82) is 0 Å². The number of aromatic nitrogens is 4. The summed E-state index contributed by atoms with van der Waals surface area (Å²) in [5.41, 5.74) is 5.94. The molecule has 3 heterocycles. The molecule has 0 saturated carbocycles. The molecule has 27 heavy (non-hydrogen) atoms. The van der Waals surface area contributed by atoms with Crippen molar-refractivity contribution < 1.29 is 4.52 Å². The third-order valence-corrected chi connectivity index (χ3v) is 5.05. The largest absolute Gasteiger partial charge is 0.361 e. The van der Waals surface area contributed by atoms with Crippen LogP contribution < -0.4 is 5.56 Å². The molecule has 0 radical (unpaired) electrons. The lowest BCUT2D eigenvalue weighted by Crippen LogP contribution is -2.16. The predicted octanol–water partition coefficient (Wildman–Crippen LogP) is 4.04. The van der Waals surface area contributed by atoms with Gasteiger partial charge in [-0.3, -0.25) is 9.89 Å². The fourth-order valence-corrected chi connectivity index (χ4v) is 3.52. The summed E-state index contributed by atoms with van der Waals surface area (Å²) in [7, 11) is 0. The molecule has 4 rings (SSSR count). The summed E-state index contributed by atoms with van der Waals surface area (Å²) in [5, 5.41) is 7.76. The van der Waals surface area contributed by atoms with Crippen LogP contribution in [0.2, 0.25) is 5.02 Å². The number of hydrogen-bond donors (Lipinski definition) is 1. The van der Waals surface area contributed by atoms with Crippen molar-refractivity contribution in [3.8, 4) is 11.1 Å².